The van der Waals surface area contributed by atoms with Crippen molar-refractivity contribution >= 4 is 11.8 Å². The molecular formula is C19H28O3. The predicted octanol–water partition coefficient (Wildman–Crippen LogP) is 4.08. The summed E-state index contributed by atoms with van der Waals surface area (Å²) in [5.74, 6) is 1.44. The van der Waals surface area contributed by atoms with Crippen LogP contribution in [0.4, 0.5) is 0 Å². The summed E-state index contributed by atoms with van der Waals surface area (Å²) in [4.78, 5) is 23.4. The van der Waals surface area contributed by atoms with Gasteiger partial charge in [0.15, 0.2) is 0 Å². The quantitative estimate of drug-likeness (QED) is 0.436. The highest BCUT2D eigenvalue weighted by Gasteiger charge is 2.51. The van der Waals surface area contributed by atoms with Crippen molar-refractivity contribution in [3.8, 4) is 0 Å². The van der Waals surface area contributed by atoms with E-state index in [1.807, 2.05) is 6.08 Å². The molecule has 2 rings (SSSR count). The number of hydrogen-bond acceptors (Lipinski definition) is 3. The number of hydrogen-bond donors (Lipinski definition) is 0. The molecule has 0 unspecified atom stereocenters. The first-order chi connectivity index (χ1) is 10.5. The molecule has 0 aromatic carbocycles. The minimum Gasteiger partial charge on any atom is -0.463 e. The van der Waals surface area contributed by atoms with Crippen LogP contribution in [0.3, 0.4) is 0 Å². The van der Waals surface area contributed by atoms with E-state index in [2.05, 4.69) is 19.9 Å². The largest absolute Gasteiger partial charge is 0.463 e. The molecule has 0 bridgehead atoms. The number of ether oxygens (including phenoxy) is 1. The lowest BCUT2D eigenvalue weighted by Gasteiger charge is -2.41. The van der Waals surface area contributed by atoms with E-state index < -0.39 is 0 Å². The lowest BCUT2D eigenvalue weighted by molar-refractivity contribution is -0.137. The second kappa shape index (κ2) is 7.26. The number of allylic oxidation sites excluding steroid dienone is 3. The Hall–Kier alpha value is -1.38. The molecule has 3 heteroatoms. The van der Waals surface area contributed by atoms with Crippen LogP contribution >= 0.6 is 0 Å². The Labute approximate surface area is 133 Å². The van der Waals surface area contributed by atoms with E-state index in [0.717, 1.165) is 25.7 Å². The molecule has 0 N–H and O–H groups in total. The van der Waals surface area contributed by atoms with Crippen LogP contribution in [0.5, 0.6) is 0 Å². The van der Waals surface area contributed by atoms with Gasteiger partial charge in [-0.25, -0.2) is 4.79 Å². The molecule has 0 radical (unpaired) electrons. The summed E-state index contributed by atoms with van der Waals surface area (Å²) >= 11 is 0. The average Bonchev–Trinajstić information content (AvgIpc) is 2.82. The molecular weight excluding hydrogens is 276 g/mol. The number of carbonyl (C=O) groups is 2. The fourth-order valence-electron chi connectivity index (χ4n) is 4.53. The lowest BCUT2D eigenvalue weighted by Crippen LogP contribution is -2.39. The number of carbonyl (C=O) groups excluding carboxylic acids is 2. The Morgan fingerprint density at radius 1 is 1.41 bits per heavy atom. The number of Topliss-reactive ketones (excluding diaryl/α,β-unsaturated/α-hetero) is 1. The fourth-order valence-corrected chi connectivity index (χ4v) is 4.53. The Balaban J connectivity index is 1.96. The summed E-state index contributed by atoms with van der Waals surface area (Å²) in [6.45, 7) is 6.74. The first-order valence-electron chi connectivity index (χ1n) is 8.53. The highest BCUT2D eigenvalue weighted by atomic mass is 16.5. The van der Waals surface area contributed by atoms with Crippen molar-refractivity contribution in [3.63, 3.8) is 0 Å². The Morgan fingerprint density at radius 3 is 2.91 bits per heavy atom. The van der Waals surface area contributed by atoms with E-state index in [1.165, 1.54) is 12.5 Å². The molecule has 0 amide bonds. The van der Waals surface area contributed by atoms with Crippen molar-refractivity contribution in [1.29, 1.82) is 0 Å². The van der Waals surface area contributed by atoms with Crippen LogP contribution in [0.25, 0.3) is 0 Å². The number of esters is 1. The van der Waals surface area contributed by atoms with Gasteiger partial charge in [0.05, 0.1) is 6.61 Å². The van der Waals surface area contributed by atoms with Gasteiger partial charge in [0, 0.05) is 18.4 Å². The third kappa shape index (κ3) is 3.50. The summed E-state index contributed by atoms with van der Waals surface area (Å²) in [7, 11) is 0. The van der Waals surface area contributed by atoms with Crippen LogP contribution in [0.2, 0.25) is 0 Å². The van der Waals surface area contributed by atoms with Crippen LogP contribution < -0.4 is 0 Å². The molecule has 0 aliphatic heterocycles. The van der Waals surface area contributed by atoms with Gasteiger partial charge in [-0.15, -0.1) is 0 Å². The van der Waals surface area contributed by atoms with Gasteiger partial charge in [-0.1, -0.05) is 32.1 Å². The second-order valence-corrected chi connectivity index (χ2v) is 6.92. The predicted molar refractivity (Wildman–Crippen MR) is 87.3 cm³/mol. The Bertz CT molecular complexity index is 477. The van der Waals surface area contributed by atoms with Crippen molar-refractivity contribution in [1.82, 2.24) is 0 Å². The monoisotopic (exact) mass is 304 g/mol. The third-order valence-electron chi connectivity index (χ3n) is 5.62. The smallest absolute Gasteiger partial charge is 0.330 e. The molecule has 2 saturated carbocycles. The fraction of sp³-hybridized carbons (Fsp3) is 0.684. The van der Waals surface area contributed by atoms with Gasteiger partial charge in [-0.05, 0) is 49.9 Å². The van der Waals surface area contributed by atoms with E-state index in [1.54, 1.807) is 13.0 Å². The van der Waals surface area contributed by atoms with Gasteiger partial charge in [-0.2, -0.15) is 0 Å². The Kier molecular flexibility index (Phi) is 5.60. The second-order valence-electron chi connectivity index (χ2n) is 6.92. The van der Waals surface area contributed by atoms with Gasteiger partial charge in [-0.3, -0.25) is 4.79 Å². The van der Waals surface area contributed by atoms with Crippen molar-refractivity contribution in [2.45, 2.75) is 52.9 Å². The zero-order valence-corrected chi connectivity index (χ0v) is 14.0. The van der Waals surface area contributed by atoms with Crippen LogP contribution in [0, 0.1) is 23.2 Å². The molecule has 0 spiro atoms. The number of rotatable bonds is 5. The first kappa shape index (κ1) is 17.0. The summed E-state index contributed by atoms with van der Waals surface area (Å²) in [5.41, 5.74) is 0.171. The van der Waals surface area contributed by atoms with Crippen molar-refractivity contribution in [3.05, 3.63) is 24.3 Å². The standard InChI is InChI=1S/C19H28O3/c1-4-22-18(21)10-6-5-8-14(2)15-11-12-16-17(20)9-7-13-19(15,16)3/h5-6,8,10,14-16H,4,7,9,11-13H2,1-3H3/t14-,15-,16-,19-/m1/s1. The van der Waals surface area contributed by atoms with E-state index in [0.29, 0.717) is 24.2 Å². The molecule has 4 atom stereocenters. The molecule has 122 valence electrons. The van der Waals surface area contributed by atoms with E-state index >= 15 is 0 Å². The molecule has 2 aliphatic rings. The summed E-state index contributed by atoms with van der Waals surface area (Å²) in [5, 5.41) is 0. The van der Waals surface area contributed by atoms with Crippen molar-refractivity contribution < 1.29 is 14.3 Å². The molecule has 0 aromatic heterocycles. The molecule has 3 nitrogen and oxygen atoms in total. The number of ketones is 1. The molecule has 2 aliphatic carbocycles. The maximum atomic E-state index is 12.2. The molecule has 0 heterocycles. The maximum Gasteiger partial charge on any atom is 0.330 e. The van der Waals surface area contributed by atoms with Gasteiger partial charge in [0.25, 0.3) is 0 Å². The van der Waals surface area contributed by atoms with Crippen molar-refractivity contribution in [2.75, 3.05) is 6.61 Å². The minimum absolute atomic E-state index is 0.171. The van der Waals surface area contributed by atoms with Gasteiger partial charge in [0.1, 0.15) is 5.78 Å². The zero-order valence-electron chi connectivity index (χ0n) is 14.0. The third-order valence-corrected chi connectivity index (χ3v) is 5.62. The van der Waals surface area contributed by atoms with Gasteiger partial charge in [0.2, 0.25) is 0 Å². The molecule has 22 heavy (non-hydrogen) atoms. The molecule has 0 aromatic rings. The summed E-state index contributed by atoms with van der Waals surface area (Å²) < 4.78 is 4.85. The van der Waals surface area contributed by atoms with Crippen LogP contribution in [-0.4, -0.2) is 18.4 Å². The topological polar surface area (TPSA) is 43.4 Å². The van der Waals surface area contributed by atoms with Gasteiger partial charge < -0.3 is 4.74 Å². The van der Waals surface area contributed by atoms with E-state index in [-0.39, 0.29) is 17.3 Å². The van der Waals surface area contributed by atoms with Crippen LogP contribution in [0.1, 0.15) is 52.9 Å². The zero-order chi connectivity index (χ0) is 16.2. The molecule has 0 saturated heterocycles. The lowest BCUT2D eigenvalue weighted by atomic mass is 9.62. The van der Waals surface area contributed by atoms with Gasteiger partial charge >= 0.3 is 5.97 Å². The van der Waals surface area contributed by atoms with E-state index in [4.69, 9.17) is 4.74 Å². The Morgan fingerprint density at radius 2 is 2.18 bits per heavy atom. The molecule has 2 fully saturated rings. The van der Waals surface area contributed by atoms with E-state index in [9.17, 15) is 9.59 Å². The highest BCUT2D eigenvalue weighted by Crippen LogP contribution is 2.56. The summed E-state index contributed by atoms with van der Waals surface area (Å²) in [6.07, 6.45) is 12.5. The normalized spacial score (nSPS) is 33.3. The highest BCUT2D eigenvalue weighted by molar-refractivity contribution is 5.83. The van der Waals surface area contributed by atoms with Crippen molar-refractivity contribution in [2.24, 2.45) is 23.2 Å². The minimum atomic E-state index is -0.300. The van der Waals surface area contributed by atoms with Crippen LogP contribution in [0.15, 0.2) is 24.3 Å². The average molecular weight is 304 g/mol. The summed E-state index contributed by atoms with van der Waals surface area (Å²) in [6, 6.07) is 0. The SMILES string of the molecule is CCOC(=O)C=CC=C[C@@H](C)[C@H]1CC[C@@H]2C(=O)CCC[C@@]21C. The van der Waals surface area contributed by atoms with Crippen LogP contribution in [-0.2, 0) is 14.3 Å². The first-order valence-corrected chi connectivity index (χ1v) is 8.53. The number of fused-ring (bicyclic) bond motifs is 1. The maximum absolute atomic E-state index is 12.2.